The lowest BCUT2D eigenvalue weighted by Gasteiger charge is -2.09. The normalized spacial score (nSPS) is 10.1. The van der Waals surface area contributed by atoms with Gasteiger partial charge in [0.15, 0.2) is 6.61 Å². The number of carbonyl (C=O) groups is 2. The highest BCUT2D eigenvalue weighted by Crippen LogP contribution is 2.23. The van der Waals surface area contributed by atoms with Crippen LogP contribution in [0.2, 0.25) is 5.02 Å². The van der Waals surface area contributed by atoms with E-state index in [4.69, 9.17) is 21.1 Å². The molecular formula is C17H15BrClNO4. The van der Waals surface area contributed by atoms with Crippen LogP contribution in [0.5, 0.6) is 5.75 Å². The molecule has 0 heterocycles. The summed E-state index contributed by atoms with van der Waals surface area (Å²) in [5.41, 5.74) is 1.07. The first kappa shape index (κ1) is 18.3. The van der Waals surface area contributed by atoms with Crippen LogP contribution in [0.15, 0.2) is 46.9 Å². The van der Waals surface area contributed by atoms with Gasteiger partial charge in [-0.2, -0.15) is 0 Å². The number of hydrogen-bond donors (Lipinski definition) is 1. The fraction of sp³-hybridized carbons (Fsp3) is 0.176. The van der Waals surface area contributed by atoms with Crippen LogP contribution < -0.4 is 10.1 Å². The number of amides is 1. The highest BCUT2D eigenvalue weighted by atomic mass is 79.9. The molecule has 0 atom stereocenters. The summed E-state index contributed by atoms with van der Waals surface area (Å²) in [5.74, 6) is -0.510. The van der Waals surface area contributed by atoms with Gasteiger partial charge in [0.25, 0.3) is 5.91 Å². The van der Waals surface area contributed by atoms with Crippen molar-refractivity contribution in [2.24, 2.45) is 0 Å². The molecule has 24 heavy (non-hydrogen) atoms. The van der Waals surface area contributed by atoms with Crippen LogP contribution in [0.3, 0.4) is 0 Å². The molecule has 0 fully saturated rings. The van der Waals surface area contributed by atoms with Crippen molar-refractivity contribution in [3.8, 4) is 5.75 Å². The molecule has 1 N–H and O–H groups in total. The highest BCUT2D eigenvalue weighted by Gasteiger charge is 2.14. The van der Waals surface area contributed by atoms with Gasteiger partial charge < -0.3 is 14.8 Å². The van der Waals surface area contributed by atoms with Gasteiger partial charge in [0.2, 0.25) is 0 Å². The molecule has 0 aliphatic heterocycles. The Labute approximate surface area is 153 Å². The van der Waals surface area contributed by atoms with Gasteiger partial charge in [-0.05, 0) is 45.8 Å². The Balaban J connectivity index is 1.87. The molecule has 2 aromatic carbocycles. The number of rotatable bonds is 6. The van der Waals surface area contributed by atoms with Crippen LogP contribution >= 0.6 is 27.5 Å². The average Bonchev–Trinajstić information content (AvgIpc) is 2.59. The standard InChI is InChI=1S/C17H15BrClNO4/c1-23-12-6-7-14(18)13(8-12)17(22)24-10-16(21)20-9-11-4-2-3-5-15(11)19/h2-8H,9-10H2,1H3,(H,20,21). The van der Waals surface area contributed by atoms with Gasteiger partial charge in [0.05, 0.1) is 12.7 Å². The molecule has 5 nitrogen and oxygen atoms in total. The van der Waals surface area contributed by atoms with E-state index < -0.39 is 11.9 Å². The molecule has 1 amide bonds. The maximum atomic E-state index is 12.1. The average molecular weight is 413 g/mol. The minimum Gasteiger partial charge on any atom is -0.497 e. The van der Waals surface area contributed by atoms with Crippen molar-refractivity contribution in [1.82, 2.24) is 5.32 Å². The van der Waals surface area contributed by atoms with E-state index in [0.29, 0.717) is 15.2 Å². The third-order valence-electron chi connectivity index (χ3n) is 3.16. The van der Waals surface area contributed by atoms with E-state index in [1.807, 2.05) is 12.1 Å². The molecule has 0 saturated heterocycles. The molecule has 0 bridgehead atoms. The number of benzene rings is 2. The summed E-state index contributed by atoms with van der Waals surface area (Å²) in [5, 5.41) is 3.21. The molecule has 0 aromatic heterocycles. The summed E-state index contributed by atoms with van der Waals surface area (Å²) in [7, 11) is 1.50. The van der Waals surface area contributed by atoms with Gasteiger partial charge in [0, 0.05) is 16.0 Å². The molecule has 0 radical (unpaired) electrons. The van der Waals surface area contributed by atoms with Crippen LogP contribution in [0.1, 0.15) is 15.9 Å². The minimum atomic E-state index is -0.617. The molecule has 0 unspecified atom stereocenters. The Hall–Kier alpha value is -2.05. The van der Waals surface area contributed by atoms with Gasteiger partial charge >= 0.3 is 5.97 Å². The smallest absolute Gasteiger partial charge is 0.339 e. The van der Waals surface area contributed by atoms with Gasteiger partial charge in [0.1, 0.15) is 5.75 Å². The monoisotopic (exact) mass is 411 g/mol. The molecule has 126 valence electrons. The number of hydrogen-bond acceptors (Lipinski definition) is 4. The number of carbonyl (C=O) groups excluding carboxylic acids is 2. The van der Waals surface area contributed by atoms with E-state index >= 15 is 0 Å². The van der Waals surface area contributed by atoms with Crippen molar-refractivity contribution in [3.63, 3.8) is 0 Å². The van der Waals surface area contributed by atoms with Gasteiger partial charge in [-0.15, -0.1) is 0 Å². The fourth-order valence-electron chi connectivity index (χ4n) is 1.88. The van der Waals surface area contributed by atoms with E-state index in [1.165, 1.54) is 13.2 Å². The van der Waals surface area contributed by atoms with E-state index in [-0.39, 0.29) is 18.7 Å². The maximum Gasteiger partial charge on any atom is 0.339 e. The van der Waals surface area contributed by atoms with Crippen LogP contribution in [0, 0.1) is 0 Å². The SMILES string of the molecule is COc1ccc(Br)c(C(=O)OCC(=O)NCc2ccccc2Cl)c1. The van der Waals surface area contributed by atoms with Gasteiger partial charge in [-0.3, -0.25) is 4.79 Å². The summed E-state index contributed by atoms with van der Waals surface area (Å²) in [6.45, 7) is -0.119. The topological polar surface area (TPSA) is 64.6 Å². The zero-order chi connectivity index (χ0) is 17.5. The van der Waals surface area contributed by atoms with Crippen molar-refractivity contribution >= 4 is 39.4 Å². The Bertz CT molecular complexity index is 751. The fourth-order valence-corrected chi connectivity index (χ4v) is 2.49. The molecular weight excluding hydrogens is 398 g/mol. The van der Waals surface area contributed by atoms with E-state index in [1.54, 1.807) is 24.3 Å². The summed E-state index contributed by atoms with van der Waals surface area (Å²) >= 11 is 9.27. The quantitative estimate of drug-likeness (QED) is 0.737. The molecule has 0 aliphatic carbocycles. The van der Waals surface area contributed by atoms with E-state index in [2.05, 4.69) is 21.2 Å². The first-order valence-electron chi connectivity index (χ1n) is 7.02. The van der Waals surface area contributed by atoms with E-state index in [0.717, 1.165) is 5.56 Å². The first-order valence-corrected chi connectivity index (χ1v) is 8.19. The summed E-state index contributed by atoms with van der Waals surface area (Å²) in [6, 6.07) is 12.1. The van der Waals surface area contributed by atoms with Crippen molar-refractivity contribution in [1.29, 1.82) is 0 Å². The Morgan fingerprint density at radius 1 is 1.21 bits per heavy atom. The Morgan fingerprint density at radius 2 is 1.96 bits per heavy atom. The number of methoxy groups -OCH3 is 1. The van der Waals surface area contributed by atoms with E-state index in [9.17, 15) is 9.59 Å². The first-order chi connectivity index (χ1) is 11.5. The molecule has 0 saturated carbocycles. The molecule has 7 heteroatoms. The lowest BCUT2D eigenvalue weighted by atomic mass is 10.2. The predicted octanol–water partition coefficient (Wildman–Crippen LogP) is 3.58. The molecule has 2 rings (SSSR count). The number of ether oxygens (including phenoxy) is 2. The predicted molar refractivity (Wildman–Crippen MR) is 94.3 cm³/mol. The third-order valence-corrected chi connectivity index (χ3v) is 4.22. The van der Waals surface area contributed by atoms with Crippen molar-refractivity contribution < 1.29 is 19.1 Å². The third kappa shape index (κ3) is 4.97. The second-order valence-corrected chi connectivity index (χ2v) is 6.05. The van der Waals surface area contributed by atoms with Crippen LogP contribution in [-0.2, 0) is 16.1 Å². The zero-order valence-corrected chi connectivity index (χ0v) is 15.2. The Morgan fingerprint density at radius 3 is 2.67 bits per heavy atom. The number of halogens is 2. The number of esters is 1. The number of nitrogens with one attached hydrogen (secondary N) is 1. The Kier molecular flexibility index (Phi) is 6.63. The summed E-state index contributed by atoms with van der Waals surface area (Å²) in [4.78, 5) is 23.9. The molecule has 0 spiro atoms. The van der Waals surface area contributed by atoms with Gasteiger partial charge in [-0.1, -0.05) is 29.8 Å². The van der Waals surface area contributed by atoms with Crippen molar-refractivity contribution in [3.05, 3.63) is 63.1 Å². The second kappa shape index (κ2) is 8.70. The zero-order valence-electron chi connectivity index (χ0n) is 12.8. The maximum absolute atomic E-state index is 12.1. The van der Waals surface area contributed by atoms with Gasteiger partial charge in [-0.25, -0.2) is 4.79 Å². The van der Waals surface area contributed by atoms with Crippen LogP contribution in [0.4, 0.5) is 0 Å². The van der Waals surface area contributed by atoms with Crippen molar-refractivity contribution in [2.45, 2.75) is 6.54 Å². The molecule has 0 aliphatic rings. The second-order valence-electron chi connectivity index (χ2n) is 4.79. The summed E-state index contributed by atoms with van der Waals surface area (Å²) < 4.78 is 10.6. The van der Waals surface area contributed by atoms with Crippen LogP contribution in [0.25, 0.3) is 0 Å². The minimum absolute atomic E-state index is 0.263. The lowest BCUT2D eigenvalue weighted by molar-refractivity contribution is -0.124. The lowest BCUT2D eigenvalue weighted by Crippen LogP contribution is -2.28. The highest BCUT2D eigenvalue weighted by molar-refractivity contribution is 9.10. The summed E-state index contributed by atoms with van der Waals surface area (Å²) in [6.07, 6.45) is 0. The van der Waals surface area contributed by atoms with Crippen molar-refractivity contribution in [2.75, 3.05) is 13.7 Å². The molecule has 2 aromatic rings. The van der Waals surface area contributed by atoms with Crippen LogP contribution in [-0.4, -0.2) is 25.6 Å². The largest absolute Gasteiger partial charge is 0.497 e.